The molecule has 1 aromatic carbocycles. The van der Waals surface area contributed by atoms with E-state index < -0.39 is 0 Å². The van der Waals surface area contributed by atoms with E-state index in [1.165, 1.54) is 10.9 Å². The molecule has 0 fully saturated rings. The van der Waals surface area contributed by atoms with E-state index in [1.54, 1.807) is 6.26 Å². The van der Waals surface area contributed by atoms with E-state index in [-0.39, 0.29) is 6.04 Å². The quantitative estimate of drug-likeness (QED) is 0.806. The Hall–Kier alpha value is -1.28. The number of hydrogen-bond donors (Lipinski definition) is 1. The van der Waals surface area contributed by atoms with Crippen LogP contribution in [0, 0.1) is 0 Å². The third-order valence-electron chi connectivity index (χ3n) is 2.41. The molecule has 0 bridgehead atoms. The van der Waals surface area contributed by atoms with E-state index in [4.69, 9.17) is 10.2 Å². The van der Waals surface area contributed by atoms with Crippen LogP contribution in [0.5, 0.6) is 0 Å². The van der Waals surface area contributed by atoms with Gasteiger partial charge in [-0.2, -0.15) is 0 Å². The summed E-state index contributed by atoms with van der Waals surface area (Å²) in [5.41, 5.74) is 8.00. The van der Waals surface area contributed by atoms with Crippen LogP contribution in [0.3, 0.4) is 0 Å². The number of aryl methyl sites for hydroxylation is 1. The average molecular weight is 189 g/mol. The van der Waals surface area contributed by atoms with Crippen molar-refractivity contribution >= 4 is 11.0 Å². The van der Waals surface area contributed by atoms with Gasteiger partial charge in [-0.15, -0.1) is 0 Å². The molecule has 0 saturated carbocycles. The first kappa shape index (κ1) is 9.28. The standard InChI is InChI=1S/C12H15NO/c1-9(13)2-3-10-4-5-12-11(8-10)6-7-14-12/h4-9H,2-3,13H2,1H3/t9-/m0/s1. The van der Waals surface area contributed by atoms with Crippen LogP contribution in [0.15, 0.2) is 34.9 Å². The monoisotopic (exact) mass is 189 g/mol. The normalized spacial score (nSPS) is 13.3. The molecule has 2 heteroatoms. The highest BCUT2D eigenvalue weighted by Crippen LogP contribution is 2.17. The van der Waals surface area contributed by atoms with Gasteiger partial charge in [0, 0.05) is 11.4 Å². The van der Waals surface area contributed by atoms with Gasteiger partial charge in [0.05, 0.1) is 6.26 Å². The molecule has 2 nitrogen and oxygen atoms in total. The zero-order chi connectivity index (χ0) is 9.97. The molecule has 74 valence electrons. The molecule has 0 amide bonds. The summed E-state index contributed by atoms with van der Waals surface area (Å²) in [6, 6.07) is 8.56. The highest BCUT2D eigenvalue weighted by molar-refractivity contribution is 5.77. The maximum Gasteiger partial charge on any atom is 0.133 e. The van der Waals surface area contributed by atoms with Gasteiger partial charge < -0.3 is 10.2 Å². The minimum atomic E-state index is 0.273. The zero-order valence-electron chi connectivity index (χ0n) is 8.36. The second kappa shape index (κ2) is 3.84. The van der Waals surface area contributed by atoms with E-state index >= 15 is 0 Å². The van der Waals surface area contributed by atoms with Gasteiger partial charge >= 0.3 is 0 Å². The third-order valence-corrected chi connectivity index (χ3v) is 2.41. The highest BCUT2D eigenvalue weighted by Gasteiger charge is 2.00. The van der Waals surface area contributed by atoms with Crippen LogP contribution in [0.4, 0.5) is 0 Å². The van der Waals surface area contributed by atoms with Crippen molar-refractivity contribution < 1.29 is 4.42 Å². The first-order valence-corrected chi connectivity index (χ1v) is 4.97. The zero-order valence-corrected chi connectivity index (χ0v) is 8.36. The molecule has 14 heavy (non-hydrogen) atoms. The average Bonchev–Trinajstić information content (AvgIpc) is 2.61. The van der Waals surface area contributed by atoms with Gasteiger partial charge in [0.2, 0.25) is 0 Å². The predicted octanol–water partition coefficient (Wildman–Crippen LogP) is 2.71. The fraction of sp³-hybridized carbons (Fsp3) is 0.333. The van der Waals surface area contributed by atoms with Crippen molar-refractivity contribution in [2.45, 2.75) is 25.8 Å². The first-order chi connectivity index (χ1) is 6.75. The lowest BCUT2D eigenvalue weighted by molar-refractivity contribution is 0.615. The molecule has 0 radical (unpaired) electrons. The Balaban J connectivity index is 2.17. The summed E-state index contributed by atoms with van der Waals surface area (Å²) in [6.45, 7) is 2.04. The third kappa shape index (κ3) is 1.96. The van der Waals surface area contributed by atoms with Gasteiger partial charge in [-0.05, 0) is 43.5 Å². The first-order valence-electron chi connectivity index (χ1n) is 4.97. The Labute approximate surface area is 83.7 Å². The summed E-state index contributed by atoms with van der Waals surface area (Å²) in [5, 5.41) is 1.17. The number of benzene rings is 1. The lowest BCUT2D eigenvalue weighted by Crippen LogP contribution is -2.15. The van der Waals surface area contributed by atoms with Crippen LogP contribution in [0.2, 0.25) is 0 Å². The van der Waals surface area contributed by atoms with Crippen molar-refractivity contribution in [1.82, 2.24) is 0 Å². The van der Waals surface area contributed by atoms with Gasteiger partial charge in [-0.3, -0.25) is 0 Å². The Bertz CT molecular complexity index is 417. The molecular weight excluding hydrogens is 174 g/mol. The maximum absolute atomic E-state index is 5.71. The van der Waals surface area contributed by atoms with Crippen molar-refractivity contribution in [1.29, 1.82) is 0 Å². The van der Waals surface area contributed by atoms with Crippen molar-refractivity contribution in [2.75, 3.05) is 0 Å². The smallest absolute Gasteiger partial charge is 0.133 e. The summed E-state index contributed by atoms with van der Waals surface area (Å²) < 4.78 is 5.27. The SMILES string of the molecule is C[C@H](N)CCc1ccc2occc2c1. The maximum atomic E-state index is 5.71. The lowest BCUT2D eigenvalue weighted by Gasteiger charge is -2.04. The molecule has 1 aromatic heterocycles. The van der Waals surface area contributed by atoms with Crippen LogP contribution in [0.25, 0.3) is 11.0 Å². The van der Waals surface area contributed by atoms with Gasteiger partial charge in [0.25, 0.3) is 0 Å². The fourth-order valence-corrected chi connectivity index (χ4v) is 1.57. The van der Waals surface area contributed by atoms with Gasteiger partial charge in [-0.1, -0.05) is 6.07 Å². The van der Waals surface area contributed by atoms with Gasteiger partial charge in [-0.25, -0.2) is 0 Å². The van der Waals surface area contributed by atoms with Crippen molar-refractivity contribution in [3.05, 3.63) is 36.1 Å². The number of rotatable bonds is 3. The number of fused-ring (bicyclic) bond motifs is 1. The predicted molar refractivity (Wildman–Crippen MR) is 58.2 cm³/mol. The second-order valence-electron chi connectivity index (χ2n) is 3.81. The molecule has 0 spiro atoms. The van der Waals surface area contributed by atoms with E-state index in [0.29, 0.717) is 0 Å². The Kier molecular flexibility index (Phi) is 2.55. The summed E-state index contributed by atoms with van der Waals surface area (Å²) in [5.74, 6) is 0. The molecule has 2 N–H and O–H groups in total. The topological polar surface area (TPSA) is 39.2 Å². The minimum absolute atomic E-state index is 0.273. The summed E-state index contributed by atoms with van der Waals surface area (Å²) in [7, 11) is 0. The molecule has 0 aliphatic carbocycles. The van der Waals surface area contributed by atoms with Crippen molar-refractivity contribution in [2.24, 2.45) is 5.73 Å². The summed E-state index contributed by atoms with van der Waals surface area (Å²) >= 11 is 0. The van der Waals surface area contributed by atoms with Crippen LogP contribution in [0.1, 0.15) is 18.9 Å². The Morgan fingerprint density at radius 2 is 2.21 bits per heavy atom. The molecular formula is C12H15NO. The molecule has 2 aromatic rings. The van der Waals surface area contributed by atoms with Gasteiger partial charge in [0.1, 0.15) is 5.58 Å². The number of furan rings is 1. The summed E-state index contributed by atoms with van der Waals surface area (Å²) in [4.78, 5) is 0. The van der Waals surface area contributed by atoms with E-state index in [9.17, 15) is 0 Å². The van der Waals surface area contributed by atoms with Crippen LogP contribution < -0.4 is 5.73 Å². The molecule has 0 aliphatic heterocycles. The van der Waals surface area contributed by atoms with Crippen LogP contribution >= 0.6 is 0 Å². The minimum Gasteiger partial charge on any atom is -0.464 e. The number of nitrogens with two attached hydrogens (primary N) is 1. The van der Waals surface area contributed by atoms with E-state index in [0.717, 1.165) is 18.4 Å². The Morgan fingerprint density at radius 3 is 3.00 bits per heavy atom. The fourth-order valence-electron chi connectivity index (χ4n) is 1.57. The largest absolute Gasteiger partial charge is 0.464 e. The Morgan fingerprint density at radius 1 is 1.36 bits per heavy atom. The molecule has 1 atom stereocenters. The van der Waals surface area contributed by atoms with Crippen molar-refractivity contribution in [3.63, 3.8) is 0 Å². The highest BCUT2D eigenvalue weighted by atomic mass is 16.3. The second-order valence-corrected chi connectivity index (χ2v) is 3.81. The lowest BCUT2D eigenvalue weighted by atomic mass is 10.1. The number of hydrogen-bond acceptors (Lipinski definition) is 2. The van der Waals surface area contributed by atoms with E-state index in [1.807, 2.05) is 19.1 Å². The molecule has 0 aliphatic rings. The molecule has 2 rings (SSSR count). The molecule has 1 heterocycles. The van der Waals surface area contributed by atoms with Crippen molar-refractivity contribution in [3.8, 4) is 0 Å². The van der Waals surface area contributed by atoms with Crippen LogP contribution in [-0.2, 0) is 6.42 Å². The van der Waals surface area contributed by atoms with Gasteiger partial charge in [0.15, 0.2) is 0 Å². The summed E-state index contributed by atoms with van der Waals surface area (Å²) in [6.07, 6.45) is 3.79. The van der Waals surface area contributed by atoms with Crippen LogP contribution in [-0.4, -0.2) is 6.04 Å². The van der Waals surface area contributed by atoms with E-state index in [2.05, 4.69) is 12.1 Å². The molecule has 0 unspecified atom stereocenters. The molecule has 0 saturated heterocycles.